The van der Waals surface area contributed by atoms with Crippen molar-refractivity contribution in [2.75, 3.05) is 0 Å². The van der Waals surface area contributed by atoms with Crippen LogP contribution < -0.4 is 11.1 Å². The van der Waals surface area contributed by atoms with Crippen LogP contribution in [-0.2, 0) is 0 Å². The van der Waals surface area contributed by atoms with Crippen molar-refractivity contribution in [1.29, 1.82) is 0 Å². The molecule has 52 valence electrons. The van der Waals surface area contributed by atoms with Gasteiger partial charge in [0.2, 0.25) is 0 Å². The van der Waals surface area contributed by atoms with Crippen LogP contribution in [0, 0.1) is 0 Å². The summed E-state index contributed by atoms with van der Waals surface area (Å²) in [6.07, 6.45) is 0.183. The van der Waals surface area contributed by atoms with Gasteiger partial charge in [-0.25, -0.2) is 0 Å². The zero-order valence-electron chi connectivity index (χ0n) is 5.62. The quantitative estimate of drug-likeness (QED) is 0.553. The van der Waals surface area contributed by atoms with E-state index in [-0.39, 0.29) is 6.17 Å². The average molecular weight is 134 g/mol. The summed E-state index contributed by atoms with van der Waals surface area (Å²) < 4.78 is 0. The molecule has 1 fully saturated rings. The summed E-state index contributed by atoms with van der Waals surface area (Å²) in [5, 5.41) is 3.13. The molecule has 0 aromatic heterocycles. The lowest BCUT2D eigenvalue weighted by Gasteiger charge is -1.92. The van der Waals surface area contributed by atoms with Crippen LogP contribution in [0.15, 0.2) is 30.3 Å². The van der Waals surface area contributed by atoms with Gasteiger partial charge in [0, 0.05) is 0 Å². The molecule has 3 N–H and O–H groups in total. The normalized spacial score (nSPS) is 30.1. The summed E-state index contributed by atoms with van der Waals surface area (Å²) in [6, 6.07) is 10.7. The van der Waals surface area contributed by atoms with Gasteiger partial charge in [0.15, 0.2) is 0 Å². The average Bonchev–Trinajstić information content (AvgIpc) is 2.69. The number of rotatable bonds is 1. The van der Waals surface area contributed by atoms with Crippen molar-refractivity contribution in [2.45, 2.75) is 12.2 Å². The molecular formula is C8H10N2. The molecule has 1 aliphatic rings. The predicted octanol–water partition coefficient (Wildman–Crippen LogP) is 0.616. The molecule has 2 heteroatoms. The number of nitrogens with one attached hydrogen (secondary N) is 1. The Morgan fingerprint density at radius 2 is 1.80 bits per heavy atom. The van der Waals surface area contributed by atoms with Gasteiger partial charge < -0.3 is 5.73 Å². The van der Waals surface area contributed by atoms with Gasteiger partial charge >= 0.3 is 0 Å². The van der Waals surface area contributed by atoms with Gasteiger partial charge in [-0.1, -0.05) is 30.3 Å². The maximum absolute atomic E-state index is 5.59. The minimum Gasteiger partial charge on any atom is -0.314 e. The van der Waals surface area contributed by atoms with E-state index in [4.69, 9.17) is 5.73 Å². The molecule has 2 rings (SSSR count). The Morgan fingerprint density at radius 1 is 1.20 bits per heavy atom. The van der Waals surface area contributed by atoms with Gasteiger partial charge in [-0.2, -0.15) is 0 Å². The standard InChI is InChI=1S/C8H10N2/c9-8-7(10-8)6-4-2-1-3-5-6/h1-5,7-8,10H,9H2. The second kappa shape index (κ2) is 2.08. The van der Waals surface area contributed by atoms with Crippen molar-refractivity contribution in [3.05, 3.63) is 35.9 Å². The minimum absolute atomic E-state index is 0.183. The molecule has 0 bridgehead atoms. The Balaban J connectivity index is 2.20. The van der Waals surface area contributed by atoms with Gasteiger partial charge in [0.1, 0.15) is 0 Å². The van der Waals surface area contributed by atoms with E-state index in [0.717, 1.165) is 0 Å². The zero-order valence-corrected chi connectivity index (χ0v) is 5.62. The summed E-state index contributed by atoms with van der Waals surface area (Å²) in [6.45, 7) is 0. The van der Waals surface area contributed by atoms with Crippen LogP contribution in [0.3, 0.4) is 0 Å². The Bertz CT molecular complexity index is 220. The van der Waals surface area contributed by atoms with E-state index in [1.165, 1.54) is 5.56 Å². The van der Waals surface area contributed by atoms with Crippen LogP contribution in [-0.4, -0.2) is 6.17 Å². The second-order valence-corrected chi connectivity index (χ2v) is 2.58. The third-order valence-electron chi connectivity index (χ3n) is 1.78. The van der Waals surface area contributed by atoms with Crippen molar-refractivity contribution in [1.82, 2.24) is 5.32 Å². The summed E-state index contributed by atoms with van der Waals surface area (Å²) in [5.41, 5.74) is 6.87. The fourth-order valence-corrected chi connectivity index (χ4v) is 1.12. The van der Waals surface area contributed by atoms with Crippen molar-refractivity contribution < 1.29 is 0 Å². The lowest BCUT2D eigenvalue weighted by molar-refractivity contribution is 0.988. The van der Waals surface area contributed by atoms with Gasteiger partial charge in [-0.05, 0) is 5.56 Å². The van der Waals surface area contributed by atoms with Gasteiger partial charge in [0.05, 0.1) is 12.2 Å². The molecule has 2 unspecified atom stereocenters. The summed E-state index contributed by atoms with van der Waals surface area (Å²) in [4.78, 5) is 0. The second-order valence-electron chi connectivity index (χ2n) is 2.58. The topological polar surface area (TPSA) is 48.0 Å². The van der Waals surface area contributed by atoms with Crippen molar-refractivity contribution in [2.24, 2.45) is 5.73 Å². The summed E-state index contributed by atoms with van der Waals surface area (Å²) in [7, 11) is 0. The molecule has 0 spiro atoms. The molecule has 1 saturated heterocycles. The van der Waals surface area contributed by atoms with Crippen LogP contribution in [0.5, 0.6) is 0 Å². The molecule has 2 atom stereocenters. The number of hydrogen-bond acceptors (Lipinski definition) is 2. The Labute approximate surface area is 60.0 Å². The number of benzene rings is 1. The highest BCUT2D eigenvalue weighted by molar-refractivity contribution is 5.24. The van der Waals surface area contributed by atoms with E-state index in [2.05, 4.69) is 17.4 Å². The van der Waals surface area contributed by atoms with Crippen molar-refractivity contribution >= 4 is 0 Å². The molecule has 1 aromatic rings. The zero-order chi connectivity index (χ0) is 6.97. The van der Waals surface area contributed by atoms with Crippen LogP contribution in [0.25, 0.3) is 0 Å². The largest absolute Gasteiger partial charge is 0.314 e. The molecule has 2 nitrogen and oxygen atoms in total. The first kappa shape index (κ1) is 5.89. The molecule has 1 heterocycles. The van der Waals surface area contributed by atoms with Crippen LogP contribution in [0.1, 0.15) is 11.6 Å². The fraction of sp³-hybridized carbons (Fsp3) is 0.250. The highest BCUT2D eigenvalue weighted by Crippen LogP contribution is 2.24. The maximum Gasteiger partial charge on any atom is 0.0753 e. The van der Waals surface area contributed by atoms with E-state index >= 15 is 0 Å². The molecule has 1 aliphatic heterocycles. The van der Waals surface area contributed by atoms with E-state index in [1.54, 1.807) is 0 Å². The number of hydrogen-bond donors (Lipinski definition) is 2. The van der Waals surface area contributed by atoms with Crippen LogP contribution >= 0.6 is 0 Å². The Kier molecular flexibility index (Phi) is 1.22. The van der Waals surface area contributed by atoms with Crippen molar-refractivity contribution in [3.63, 3.8) is 0 Å². The lowest BCUT2D eigenvalue weighted by Crippen LogP contribution is -2.03. The van der Waals surface area contributed by atoms with Crippen molar-refractivity contribution in [3.8, 4) is 0 Å². The van der Waals surface area contributed by atoms with Gasteiger partial charge in [-0.3, -0.25) is 5.32 Å². The molecule has 10 heavy (non-hydrogen) atoms. The van der Waals surface area contributed by atoms with Gasteiger partial charge in [0.25, 0.3) is 0 Å². The molecular weight excluding hydrogens is 124 g/mol. The molecule has 0 amide bonds. The van der Waals surface area contributed by atoms with E-state index < -0.39 is 0 Å². The van der Waals surface area contributed by atoms with Crippen LogP contribution in [0.2, 0.25) is 0 Å². The number of nitrogens with two attached hydrogens (primary N) is 1. The van der Waals surface area contributed by atoms with Gasteiger partial charge in [-0.15, -0.1) is 0 Å². The smallest absolute Gasteiger partial charge is 0.0753 e. The Hall–Kier alpha value is -0.860. The highest BCUT2D eigenvalue weighted by atomic mass is 15.2. The molecule has 1 aromatic carbocycles. The monoisotopic (exact) mass is 134 g/mol. The first-order valence-corrected chi connectivity index (χ1v) is 3.44. The minimum atomic E-state index is 0.183. The molecule has 0 aliphatic carbocycles. The third kappa shape index (κ3) is 0.916. The van der Waals surface area contributed by atoms with E-state index in [9.17, 15) is 0 Å². The maximum atomic E-state index is 5.59. The first-order chi connectivity index (χ1) is 4.88. The third-order valence-corrected chi connectivity index (χ3v) is 1.78. The fourth-order valence-electron chi connectivity index (χ4n) is 1.12. The van der Waals surface area contributed by atoms with E-state index in [0.29, 0.717) is 6.04 Å². The lowest BCUT2D eigenvalue weighted by atomic mass is 10.1. The van der Waals surface area contributed by atoms with Crippen LogP contribution in [0.4, 0.5) is 0 Å². The predicted molar refractivity (Wildman–Crippen MR) is 40.3 cm³/mol. The Morgan fingerprint density at radius 3 is 2.30 bits per heavy atom. The molecule has 0 saturated carbocycles. The molecule has 0 radical (unpaired) electrons. The SMILES string of the molecule is NC1NC1c1ccccc1. The summed E-state index contributed by atoms with van der Waals surface area (Å²) >= 11 is 0. The highest BCUT2D eigenvalue weighted by Gasteiger charge is 2.33. The summed E-state index contributed by atoms with van der Waals surface area (Å²) in [5.74, 6) is 0. The first-order valence-electron chi connectivity index (χ1n) is 3.44. The van der Waals surface area contributed by atoms with E-state index in [1.807, 2.05) is 18.2 Å².